The highest BCUT2D eigenvalue weighted by atomic mass is 35.5. The van der Waals surface area contributed by atoms with Crippen molar-refractivity contribution < 1.29 is 14.3 Å². The van der Waals surface area contributed by atoms with Crippen LogP contribution in [0.4, 0.5) is 5.69 Å². The molecule has 1 aliphatic rings. The maximum Gasteiger partial charge on any atom is 0.233 e. The number of anilines is 1. The number of hydrogen-bond acceptors (Lipinski definition) is 4. The van der Waals surface area contributed by atoms with Gasteiger partial charge in [-0.05, 0) is 50.6 Å². The molecule has 23 heavy (non-hydrogen) atoms. The van der Waals surface area contributed by atoms with Crippen LogP contribution in [0.5, 0.6) is 0 Å². The standard InChI is InChI=1S/C17H26N2O3.ClH/c1-3-22-12-14-5-4-6-15(11-14)19-16(20)17(13-21-2)7-9-18-10-8-17;/h4-6,11,18H,3,7-10,12-13H2,1-2H3,(H,19,20);1H. The Kier molecular flexibility index (Phi) is 8.55. The second-order valence-corrected chi connectivity index (χ2v) is 5.75. The van der Waals surface area contributed by atoms with Gasteiger partial charge in [-0.2, -0.15) is 0 Å². The first-order chi connectivity index (χ1) is 10.7. The summed E-state index contributed by atoms with van der Waals surface area (Å²) in [5, 5.41) is 6.35. The number of benzene rings is 1. The summed E-state index contributed by atoms with van der Waals surface area (Å²) in [6.45, 7) is 5.37. The van der Waals surface area contributed by atoms with Gasteiger partial charge in [0.1, 0.15) is 0 Å². The third-order valence-corrected chi connectivity index (χ3v) is 4.12. The van der Waals surface area contributed by atoms with Crippen LogP contribution in [-0.2, 0) is 20.9 Å². The molecule has 1 aliphatic heterocycles. The van der Waals surface area contributed by atoms with Crippen LogP contribution in [0.1, 0.15) is 25.3 Å². The Labute approximate surface area is 144 Å². The number of nitrogens with one attached hydrogen (secondary N) is 2. The summed E-state index contributed by atoms with van der Waals surface area (Å²) >= 11 is 0. The Morgan fingerprint density at radius 3 is 2.74 bits per heavy atom. The topological polar surface area (TPSA) is 59.6 Å². The van der Waals surface area contributed by atoms with E-state index < -0.39 is 5.41 Å². The highest BCUT2D eigenvalue weighted by molar-refractivity contribution is 5.95. The SMILES string of the molecule is CCOCc1cccc(NC(=O)C2(COC)CCNCC2)c1.Cl. The minimum atomic E-state index is -0.435. The van der Waals surface area contributed by atoms with E-state index in [4.69, 9.17) is 9.47 Å². The zero-order valence-corrected chi connectivity index (χ0v) is 14.7. The average molecular weight is 343 g/mol. The first-order valence-corrected chi connectivity index (χ1v) is 7.88. The van der Waals surface area contributed by atoms with Crippen LogP contribution >= 0.6 is 12.4 Å². The van der Waals surface area contributed by atoms with E-state index in [0.717, 1.165) is 37.2 Å². The highest BCUT2D eigenvalue weighted by Gasteiger charge is 2.39. The molecule has 0 aliphatic carbocycles. The number of halogens is 1. The van der Waals surface area contributed by atoms with E-state index in [0.29, 0.717) is 19.8 Å². The van der Waals surface area contributed by atoms with Gasteiger partial charge in [0.25, 0.3) is 0 Å². The minimum absolute atomic E-state index is 0. The van der Waals surface area contributed by atoms with Gasteiger partial charge in [-0.1, -0.05) is 12.1 Å². The fourth-order valence-corrected chi connectivity index (χ4v) is 2.84. The Morgan fingerprint density at radius 2 is 2.09 bits per heavy atom. The summed E-state index contributed by atoms with van der Waals surface area (Å²) < 4.78 is 10.7. The molecule has 130 valence electrons. The largest absolute Gasteiger partial charge is 0.384 e. The maximum atomic E-state index is 12.8. The number of ether oxygens (including phenoxy) is 2. The van der Waals surface area contributed by atoms with E-state index >= 15 is 0 Å². The minimum Gasteiger partial charge on any atom is -0.384 e. The molecule has 1 saturated heterocycles. The van der Waals surface area contributed by atoms with Gasteiger partial charge in [0.05, 0.1) is 18.6 Å². The molecule has 1 aromatic carbocycles. The normalized spacial score (nSPS) is 16.4. The number of carbonyl (C=O) groups is 1. The third-order valence-electron chi connectivity index (χ3n) is 4.12. The molecule has 0 atom stereocenters. The van der Waals surface area contributed by atoms with E-state index in [-0.39, 0.29) is 18.3 Å². The number of piperidine rings is 1. The molecule has 2 rings (SSSR count). The van der Waals surface area contributed by atoms with Gasteiger partial charge >= 0.3 is 0 Å². The maximum absolute atomic E-state index is 12.8. The van der Waals surface area contributed by atoms with Crippen molar-refractivity contribution in [1.29, 1.82) is 0 Å². The van der Waals surface area contributed by atoms with E-state index in [1.54, 1.807) is 7.11 Å². The summed E-state index contributed by atoms with van der Waals surface area (Å²) in [7, 11) is 1.65. The van der Waals surface area contributed by atoms with Crippen molar-refractivity contribution in [3.63, 3.8) is 0 Å². The van der Waals surface area contributed by atoms with Gasteiger partial charge < -0.3 is 20.1 Å². The molecule has 1 amide bonds. The molecule has 0 radical (unpaired) electrons. The molecular weight excluding hydrogens is 316 g/mol. The Morgan fingerprint density at radius 1 is 1.35 bits per heavy atom. The lowest BCUT2D eigenvalue weighted by Gasteiger charge is -2.35. The summed E-state index contributed by atoms with van der Waals surface area (Å²) in [5.74, 6) is 0.0457. The van der Waals surface area contributed by atoms with Gasteiger partial charge in [-0.25, -0.2) is 0 Å². The fourth-order valence-electron chi connectivity index (χ4n) is 2.84. The van der Waals surface area contributed by atoms with E-state index in [2.05, 4.69) is 10.6 Å². The molecule has 1 fully saturated rings. The molecule has 2 N–H and O–H groups in total. The zero-order valence-electron chi connectivity index (χ0n) is 13.9. The third kappa shape index (κ3) is 5.46. The van der Waals surface area contributed by atoms with Gasteiger partial charge in [-0.15, -0.1) is 12.4 Å². The molecule has 0 spiro atoms. The summed E-state index contributed by atoms with van der Waals surface area (Å²) in [6, 6.07) is 7.82. The van der Waals surface area contributed by atoms with Gasteiger partial charge in [-0.3, -0.25) is 4.79 Å². The molecule has 6 heteroatoms. The summed E-state index contributed by atoms with van der Waals surface area (Å²) in [5.41, 5.74) is 1.44. The molecule has 1 heterocycles. The van der Waals surface area contributed by atoms with Crippen molar-refractivity contribution in [3.05, 3.63) is 29.8 Å². The predicted octanol–water partition coefficient (Wildman–Crippen LogP) is 2.60. The molecule has 5 nitrogen and oxygen atoms in total. The lowest BCUT2D eigenvalue weighted by atomic mass is 9.78. The van der Waals surface area contributed by atoms with Crippen molar-refractivity contribution in [2.24, 2.45) is 5.41 Å². The molecular formula is C17H27ClN2O3. The van der Waals surface area contributed by atoms with Crippen LogP contribution in [0.15, 0.2) is 24.3 Å². The lowest BCUT2D eigenvalue weighted by molar-refractivity contribution is -0.130. The van der Waals surface area contributed by atoms with Gasteiger partial charge in [0, 0.05) is 19.4 Å². The van der Waals surface area contributed by atoms with Crippen molar-refractivity contribution in [3.8, 4) is 0 Å². The molecule has 0 saturated carbocycles. The second kappa shape index (κ2) is 9.88. The number of hydrogen-bond donors (Lipinski definition) is 2. The molecule has 0 unspecified atom stereocenters. The summed E-state index contributed by atoms with van der Waals surface area (Å²) in [4.78, 5) is 12.8. The van der Waals surface area contributed by atoms with Crippen molar-refractivity contribution in [2.45, 2.75) is 26.4 Å². The van der Waals surface area contributed by atoms with Crippen LogP contribution in [0, 0.1) is 5.41 Å². The first-order valence-electron chi connectivity index (χ1n) is 7.88. The van der Waals surface area contributed by atoms with Crippen LogP contribution in [-0.4, -0.2) is 39.3 Å². The Bertz CT molecular complexity index is 485. The average Bonchev–Trinajstić information content (AvgIpc) is 2.54. The predicted molar refractivity (Wildman–Crippen MR) is 94.1 cm³/mol. The van der Waals surface area contributed by atoms with Crippen LogP contribution in [0.25, 0.3) is 0 Å². The van der Waals surface area contributed by atoms with E-state index in [9.17, 15) is 4.79 Å². The van der Waals surface area contributed by atoms with E-state index in [1.165, 1.54) is 0 Å². The molecule has 0 bridgehead atoms. The van der Waals surface area contributed by atoms with Crippen molar-refractivity contribution in [1.82, 2.24) is 5.32 Å². The summed E-state index contributed by atoms with van der Waals surface area (Å²) in [6.07, 6.45) is 1.59. The lowest BCUT2D eigenvalue weighted by Crippen LogP contribution is -2.47. The highest BCUT2D eigenvalue weighted by Crippen LogP contribution is 2.31. The van der Waals surface area contributed by atoms with Crippen LogP contribution < -0.4 is 10.6 Å². The van der Waals surface area contributed by atoms with Crippen LogP contribution in [0.2, 0.25) is 0 Å². The van der Waals surface area contributed by atoms with Crippen molar-refractivity contribution >= 4 is 24.0 Å². The number of carbonyl (C=O) groups excluding carboxylic acids is 1. The smallest absolute Gasteiger partial charge is 0.233 e. The monoisotopic (exact) mass is 342 g/mol. The van der Waals surface area contributed by atoms with Crippen molar-refractivity contribution in [2.75, 3.05) is 38.7 Å². The molecule has 1 aromatic rings. The molecule has 0 aromatic heterocycles. The van der Waals surface area contributed by atoms with Gasteiger partial charge in [0.15, 0.2) is 0 Å². The zero-order chi connectivity index (χ0) is 15.8. The quantitative estimate of drug-likeness (QED) is 0.799. The van der Waals surface area contributed by atoms with Crippen LogP contribution in [0.3, 0.4) is 0 Å². The van der Waals surface area contributed by atoms with E-state index in [1.807, 2.05) is 31.2 Å². The van der Waals surface area contributed by atoms with Gasteiger partial charge in [0.2, 0.25) is 5.91 Å². The number of rotatable bonds is 7. The fraction of sp³-hybridized carbons (Fsp3) is 0.588. The number of amides is 1. The first kappa shape index (κ1) is 19.9. The second-order valence-electron chi connectivity index (χ2n) is 5.75. The Hall–Kier alpha value is -1.14. The number of methoxy groups -OCH3 is 1. The Balaban J connectivity index is 0.00000264.